The summed E-state index contributed by atoms with van der Waals surface area (Å²) in [4.78, 5) is 29.0. The number of nitrogens with zero attached hydrogens (tertiary/aromatic N) is 2. The van der Waals surface area contributed by atoms with Crippen molar-refractivity contribution in [2.24, 2.45) is 0 Å². The Hall–Kier alpha value is -1.92. The summed E-state index contributed by atoms with van der Waals surface area (Å²) in [6, 6.07) is 7.40. The van der Waals surface area contributed by atoms with Gasteiger partial charge in [0.05, 0.1) is 13.1 Å². The number of anilines is 2. The van der Waals surface area contributed by atoms with E-state index in [0.717, 1.165) is 37.6 Å². The molecule has 1 aromatic rings. The normalized spacial score (nSPS) is 19.4. The average molecular weight is 387 g/mol. The summed E-state index contributed by atoms with van der Waals surface area (Å²) in [6.07, 6.45) is 9.79. The Labute approximate surface area is 168 Å². The molecule has 2 heterocycles. The molecule has 6 nitrogen and oxygen atoms in total. The van der Waals surface area contributed by atoms with Gasteiger partial charge in [-0.1, -0.05) is 25.7 Å². The van der Waals surface area contributed by atoms with Crippen LogP contribution in [0.2, 0.25) is 0 Å². The summed E-state index contributed by atoms with van der Waals surface area (Å²) < 4.78 is 0. The van der Waals surface area contributed by atoms with Gasteiger partial charge < -0.3 is 10.6 Å². The van der Waals surface area contributed by atoms with Gasteiger partial charge in [0.15, 0.2) is 0 Å². The van der Waals surface area contributed by atoms with E-state index in [1.165, 1.54) is 51.4 Å². The van der Waals surface area contributed by atoms with Crippen molar-refractivity contribution in [3.8, 4) is 0 Å². The minimum Gasteiger partial charge on any atom is -0.325 e. The Morgan fingerprint density at radius 2 is 0.929 bits per heavy atom. The van der Waals surface area contributed by atoms with Crippen molar-refractivity contribution in [3.05, 3.63) is 24.3 Å². The molecule has 0 aromatic heterocycles. The Morgan fingerprint density at radius 3 is 1.25 bits per heavy atom. The third-order valence-electron chi connectivity index (χ3n) is 5.58. The molecule has 0 bridgehead atoms. The smallest absolute Gasteiger partial charge is 0.238 e. The predicted molar refractivity (Wildman–Crippen MR) is 114 cm³/mol. The highest BCUT2D eigenvalue weighted by Gasteiger charge is 2.14. The fraction of sp³-hybridized carbons (Fsp3) is 0.636. The molecule has 2 N–H and O–H groups in total. The van der Waals surface area contributed by atoms with Crippen LogP contribution in [0.4, 0.5) is 11.4 Å². The van der Waals surface area contributed by atoms with E-state index in [1.807, 2.05) is 24.3 Å². The number of hydrogen-bond donors (Lipinski definition) is 2. The first kappa shape index (κ1) is 20.8. The van der Waals surface area contributed by atoms with Crippen LogP contribution in [-0.2, 0) is 9.59 Å². The summed E-state index contributed by atoms with van der Waals surface area (Å²) in [5.41, 5.74) is 1.54. The van der Waals surface area contributed by atoms with Crippen LogP contribution >= 0.6 is 0 Å². The summed E-state index contributed by atoms with van der Waals surface area (Å²) in [6.45, 7) is 4.94. The van der Waals surface area contributed by atoms with Gasteiger partial charge in [0, 0.05) is 11.4 Å². The zero-order chi connectivity index (χ0) is 19.6. The maximum atomic E-state index is 12.3. The minimum atomic E-state index is 0.0276. The highest BCUT2D eigenvalue weighted by atomic mass is 16.2. The molecule has 0 radical (unpaired) electrons. The molecule has 0 spiro atoms. The first-order chi connectivity index (χ1) is 13.7. The largest absolute Gasteiger partial charge is 0.325 e. The van der Waals surface area contributed by atoms with Gasteiger partial charge in [0.1, 0.15) is 0 Å². The van der Waals surface area contributed by atoms with Crippen LogP contribution in [0.15, 0.2) is 24.3 Å². The fourth-order valence-corrected chi connectivity index (χ4v) is 4.03. The van der Waals surface area contributed by atoms with Gasteiger partial charge in [0.2, 0.25) is 11.8 Å². The topological polar surface area (TPSA) is 64.7 Å². The van der Waals surface area contributed by atoms with E-state index in [-0.39, 0.29) is 11.8 Å². The Morgan fingerprint density at radius 1 is 0.607 bits per heavy atom. The first-order valence-electron chi connectivity index (χ1n) is 10.8. The number of nitrogens with one attached hydrogen (secondary N) is 2. The molecule has 2 amide bonds. The molecule has 3 rings (SSSR count). The quantitative estimate of drug-likeness (QED) is 0.787. The molecular weight excluding hydrogens is 352 g/mol. The number of hydrogen-bond acceptors (Lipinski definition) is 4. The third-order valence-corrected chi connectivity index (χ3v) is 5.58. The van der Waals surface area contributed by atoms with Crippen LogP contribution in [0.5, 0.6) is 0 Å². The third kappa shape index (κ3) is 7.24. The molecule has 6 heteroatoms. The highest BCUT2D eigenvalue weighted by molar-refractivity contribution is 5.94. The second-order valence-corrected chi connectivity index (χ2v) is 8.05. The van der Waals surface area contributed by atoms with Crippen molar-refractivity contribution in [3.63, 3.8) is 0 Å². The van der Waals surface area contributed by atoms with E-state index in [2.05, 4.69) is 20.4 Å². The first-order valence-corrected chi connectivity index (χ1v) is 10.8. The number of benzene rings is 1. The van der Waals surface area contributed by atoms with Crippen LogP contribution in [0.25, 0.3) is 0 Å². The minimum absolute atomic E-state index is 0.0276. The van der Waals surface area contributed by atoms with Gasteiger partial charge in [-0.25, -0.2) is 0 Å². The molecule has 28 heavy (non-hydrogen) atoms. The predicted octanol–water partition coefficient (Wildman–Crippen LogP) is 3.32. The molecule has 154 valence electrons. The molecule has 1 aromatic carbocycles. The van der Waals surface area contributed by atoms with Crippen LogP contribution in [-0.4, -0.2) is 60.9 Å². The van der Waals surface area contributed by atoms with Crippen LogP contribution < -0.4 is 10.6 Å². The van der Waals surface area contributed by atoms with E-state index < -0.39 is 0 Å². The zero-order valence-corrected chi connectivity index (χ0v) is 16.9. The molecule has 2 aliphatic heterocycles. The Bertz CT molecular complexity index is 561. The average Bonchev–Trinajstić information content (AvgIpc) is 3.08. The lowest BCUT2D eigenvalue weighted by Gasteiger charge is -2.19. The Balaban J connectivity index is 1.42. The standard InChI is InChI=1S/C22H34N4O2/c27-21(17-25-13-5-1-2-6-14-25)23-19-9-11-20(12-10-19)24-22(28)18-26-15-7-3-4-8-16-26/h9-12H,1-8,13-18H2,(H,23,27)(H,24,28). The number of carbonyl (C=O) groups excluding carboxylic acids is 2. The lowest BCUT2D eigenvalue weighted by Crippen LogP contribution is -2.34. The molecule has 2 saturated heterocycles. The number of amides is 2. The SMILES string of the molecule is O=C(CN1CCCCCC1)Nc1ccc(NC(=O)CN2CCCCCC2)cc1. The van der Waals surface area contributed by atoms with E-state index in [4.69, 9.17) is 0 Å². The van der Waals surface area contributed by atoms with Crippen LogP contribution in [0, 0.1) is 0 Å². The van der Waals surface area contributed by atoms with Crippen molar-refractivity contribution in [1.29, 1.82) is 0 Å². The Kier molecular flexibility index (Phi) is 8.30. The van der Waals surface area contributed by atoms with E-state index >= 15 is 0 Å². The van der Waals surface area contributed by atoms with Gasteiger partial charge in [-0.05, 0) is 76.1 Å². The summed E-state index contributed by atoms with van der Waals surface area (Å²) >= 11 is 0. The number of likely N-dealkylation sites (tertiary alicyclic amines) is 2. The molecule has 0 unspecified atom stereocenters. The van der Waals surface area contributed by atoms with Crippen LogP contribution in [0.3, 0.4) is 0 Å². The van der Waals surface area contributed by atoms with Crippen molar-refractivity contribution in [2.45, 2.75) is 51.4 Å². The lowest BCUT2D eigenvalue weighted by molar-refractivity contribution is -0.118. The van der Waals surface area contributed by atoms with Crippen molar-refractivity contribution in [2.75, 3.05) is 49.9 Å². The number of rotatable bonds is 6. The van der Waals surface area contributed by atoms with Gasteiger partial charge in [0.25, 0.3) is 0 Å². The molecule has 2 fully saturated rings. The van der Waals surface area contributed by atoms with E-state index in [9.17, 15) is 9.59 Å². The second kappa shape index (κ2) is 11.2. The molecular formula is C22H34N4O2. The van der Waals surface area contributed by atoms with E-state index in [0.29, 0.717) is 13.1 Å². The lowest BCUT2D eigenvalue weighted by atomic mass is 10.2. The van der Waals surface area contributed by atoms with E-state index in [1.54, 1.807) is 0 Å². The summed E-state index contributed by atoms with van der Waals surface area (Å²) in [7, 11) is 0. The van der Waals surface area contributed by atoms with Crippen molar-refractivity contribution in [1.82, 2.24) is 9.80 Å². The zero-order valence-electron chi connectivity index (χ0n) is 16.9. The van der Waals surface area contributed by atoms with Crippen molar-refractivity contribution >= 4 is 23.2 Å². The van der Waals surface area contributed by atoms with Gasteiger partial charge >= 0.3 is 0 Å². The second-order valence-electron chi connectivity index (χ2n) is 8.05. The van der Waals surface area contributed by atoms with Crippen LogP contribution in [0.1, 0.15) is 51.4 Å². The maximum Gasteiger partial charge on any atom is 0.238 e. The molecule has 0 saturated carbocycles. The molecule has 0 atom stereocenters. The highest BCUT2D eigenvalue weighted by Crippen LogP contribution is 2.15. The summed E-state index contributed by atoms with van der Waals surface area (Å²) in [5, 5.41) is 5.92. The molecule has 2 aliphatic rings. The van der Waals surface area contributed by atoms with Crippen molar-refractivity contribution < 1.29 is 9.59 Å². The van der Waals surface area contributed by atoms with Gasteiger partial charge in [-0.2, -0.15) is 0 Å². The fourth-order valence-electron chi connectivity index (χ4n) is 4.03. The summed E-state index contributed by atoms with van der Waals surface area (Å²) in [5.74, 6) is 0.0553. The molecule has 0 aliphatic carbocycles. The van der Waals surface area contributed by atoms with Gasteiger partial charge in [-0.3, -0.25) is 19.4 Å². The van der Waals surface area contributed by atoms with Gasteiger partial charge in [-0.15, -0.1) is 0 Å². The monoisotopic (exact) mass is 386 g/mol. The maximum absolute atomic E-state index is 12.3. The number of carbonyl (C=O) groups is 2.